The Bertz CT molecular complexity index is 639. The first-order valence-corrected chi connectivity index (χ1v) is 8.57. The van der Waals surface area contributed by atoms with Crippen LogP contribution in [0.2, 0.25) is 0 Å². The molecule has 6 heteroatoms. The average molecular weight is 316 g/mol. The standard InChI is InChI=1S/C16H20N4OS/c1-12-15(22-11-19-12)6-20-7-16(8-20)3-14(21-9-16)2-13-4-17-10-18-5-13/h4-5,10-11,14H,2-3,6-9H2,1H3/t14-/m0/s1. The Morgan fingerprint density at radius 1 is 1.36 bits per heavy atom. The predicted molar refractivity (Wildman–Crippen MR) is 84.7 cm³/mol. The normalized spacial score (nSPS) is 23.8. The van der Waals surface area contributed by atoms with Crippen LogP contribution in [-0.2, 0) is 17.7 Å². The number of hydrogen-bond acceptors (Lipinski definition) is 6. The largest absolute Gasteiger partial charge is 0.377 e. The Morgan fingerprint density at radius 3 is 2.91 bits per heavy atom. The van der Waals surface area contributed by atoms with Crippen LogP contribution in [0.15, 0.2) is 24.2 Å². The van der Waals surface area contributed by atoms with Gasteiger partial charge in [-0.2, -0.15) is 0 Å². The van der Waals surface area contributed by atoms with Crippen molar-refractivity contribution in [2.24, 2.45) is 5.41 Å². The molecule has 2 aromatic rings. The van der Waals surface area contributed by atoms with Crippen molar-refractivity contribution in [3.63, 3.8) is 0 Å². The minimum Gasteiger partial charge on any atom is -0.377 e. The van der Waals surface area contributed by atoms with Gasteiger partial charge in [-0.15, -0.1) is 11.3 Å². The lowest BCUT2D eigenvalue weighted by Gasteiger charge is -2.47. The summed E-state index contributed by atoms with van der Waals surface area (Å²) in [4.78, 5) is 16.4. The summed E-state index contributed by atoms with van der Waals surface area (Å²) in [5.74, 6) is 0. The van der Waals surface area contributed by atoms with Crippen LogP contribution in [0.1, 0.15) is 22.6 Å². The fraction of sp³-hybridized carbons (Fsp3) is 0.562. The lowest BCUT2D eigenvalue weighted by Crippen LogP contribution is -2.56. The maximum absolute atomic E-state index is 6.03. The molecule has 116 valence electrons. The second-order valence-electron chi connectivity index (χ2n) is 6.59. The molecule has 0 aromatic carbocycles. The van der Waals surface area contributed by atoms with Gasteiger partial charge >= 0.3 is 0 Å². The molecule has 5 nitrogen and oxygen atoms in total. The SMILES string of the molecule is Cc1ncsc1CN1CC2(CO[C@@H](Cc3cncnc3)C2)C1. The highest BCUT2D eigenvalue weighted by atomic mass is 32.1. The highest BCUT2D eigenvalue weighted by molar-refractivity contribution is 7.09. The summed E-state index contributed by atoms with van der Waals surface area (Å²) in [7, 11) is 0. The first kappa shape index (κ1) is 14.2. The van der Waals surface area contributed by atoms with E-state index >= 15 is 0 Å². The molecule has 4 heterocycles. The van der Waals surface area contributed by atoms with E-state index in [1.54, 1.807) is 17.7 Å². The van der Waals surface area contributed by atoms with Crippen LogP contribution in [0, 0.1) is 12.3 Å². The van der Waals surface area contributed by atoms with Crippen LogP contribution in [0.5, 0.6) is 0 Å². The number of hydrogen-bond donors (Lipinski definition) is 0. The van der Waals surface area contributed by atoms with E-state index in [-0.39, 0.29) is 0 Å². The van der Waals surface area contributed by atoms with Gasteiger partial charge in [0.1, 0.15) is 6.33 Å². The number of likely N-dealkylation sites (tertiary alicyclic amines) is 1. The molecule has 0 unspecified atom stereocenters. The molecule has 1 atom stereocenters. The molecule has 2 fully saturated rings. The Labute approximate surface area is 134 Å². The van der Waals surface area contributed by atoms with Gasteiger partial charge in [-0.1, -0.05) is 0 Å². The zero-order chi connectivity index (χ0) is 15.0. The monoisotopic (exact) mass is 316 g/mol. The van der Waals surface area contributed by atoms with Crippen molar-refractivity contribution >= 4 is 11.3 Å². The predicted octanol–water partition coefficient (Wildman–Crippen LogP) is 2.08. The number of thiazole rings is 1. The van der Waals surface area contributed by atoms with Gasteiger partial charge in [0, 0.05) is 48.7 Å². The third-order valence-electron chi connectivity index (χ3n) is 4.69. The molecule has 4 rings (SSSR count). The lowest BCUT2D eigenvalue weighted by atomic mass is 9.77. The topological polar surface area (TPSA) is 51.1 Å². The maximum atomic E-state index is 6.03. The van der Waals surface area contributed by atoms with E-state index in [4.69, 9.17) is 4.74 Å². The molecule has 1 spiro atoms. The van der Waals surface area contributed by atoms with Crippen molar-refractivity contribution in [2.75, 3.05) is 19.7 Å². The highest BCUT2D eigenvalue weighted by Crippen LogP contribution is 2.42. The molecule has 2 saturated heterocycles. The maximum Gasteiger partial charge on any atom is 0.115 e. The third-order valence-corrected chi connectivity index (χ3v) is 5.61. The van der Waals surface area contributed by atoms with Crippen LogP contribution in [-0.4, -0.2) is 45.7 Å². The van der Waals surface area contributed by atoms with Gasteiger partial charge in [0.15, 0.2) is 0 Å². The van der Waals surface area contributed by atoms with Crippen LogP contribution >= 0.6 is 11.3 Å². The molecule has 2 aliphatic rings. The first-order valence-electron chi connectivity index (χ1n) is 7.69. The van der Waals surface area contributed by atoms with Gasteiger partial charge in [0.25, 0.3) is 0 Å². The lowest BCUT2D eigenvalue weighted by molar-refractivity contribution is -0.0136. The second kappa shape index (κ2) is 5.68. The Hall–Kier alpha value is -1.37. The molecule has 0 bridgehead atoms. The minimum absolute atomic E-state index is 0.318. The van der Waals surface area contributed by atoms with Gasteiger partial charge < -0.3 is 4.74 Å². The summed E-state index contributed by atoms with van der Waals surface area (Å²) >= 11 is 1.76. The Balaban J connectivity index is 1.30. The summed E-state index contributed by atoms with van der Waals surface area (Å²) < 4.78 is 6.03. The molecule has 0 N–H and O–H groups in total. The number of nitrogens with zero attached hydrogens (tertiary/aromatic N) is 4. The zero-order valence-corrected chi connectivity index (χ0v) is 13.6. The molecule has 2 aromatic heterocycles. The van der Waals surface area contributed by atoms with Crippen molar-refractivity contribution in [3.05, 3.63) is 40.4 Å². The third kappa shape index (κ3) is 2.78. The summed E-state index contributed by atoms with van der Waals surface area (Å²) in [6, 6.07) is 0. The fourth-order valence-corrected chi connectivity index (χ4v) is 4.46. The molecule has 0 amide bonds. The molecule has 2 aliphatic heterocycles. The van der Waals surface area contributed by atoms with Crippen LogP contribution in [0.4, 0.5) is 0 Å². The molecular formula is C16H20N4OS. The van der Waals surface area contributed by atoms with Crippen LogP contribution in [0.25, 0.3) is 0 Å². The number of ether oxygens (including phenoxy) is 1. The van der Waals surface area contributed by atoms with E-state index < -0.39 is 0 Å². The van der Waals surface area contributed by atoms with E-state index in [9.17, 15) is 0 Å². The van der Waals surface area contributed by atoms with Gasteiger partial charge in [-0.3, -0.25) is 4.90 Å². The second-order valence-corrected chi connectivity index (χ2v) is 7.53. The molecule has 22 heavy (non-hydrogen) atoms. The van der Waals surface area contributed by atoms with E-state index in [0.29, 0.717) is 11.5 Å². The smallest absolute Gasteiger partial charge is 0.115 e. The molecule has 0 aliphatic carbocycles. The number of aromatic nitrogens is 3. The van der Waals surface area contributed by atoms with E-state index in [1.807, 2.05) is 17.9 Å². The molecular weight excluding hydrogens is 296 g/mol. The summed E-state index contributed by atoms with van der Waals surface area (Å²) in [5, 5.41) is 0. The van der Waals surface area contributed by atoms with Gasteiger partial charge in [-0.25, -0.2) is 15.0 Å². The van der Waals surface area contributed by atoms with E-state index in [0.717, 1.165) is 39.1 Å². The number of aryl methyl sites for hydroxylation is 1. The van der Waals surface area contributed by atoms with Crippen molar-refractivity contribution in [1.82, 2.24) is 19.9 Å². The van der Waals surface area contributed by atoms with Crippen LogP contribution < -0.4 is 0 Å². The molecule has 0 radical (unpaired) electrons. The van der Waals surface area contributed by atoms with Crippen molar-refractivity contribution < 1.29 is 4.74 Å². The van der Waals surface area contributed by atoms with Crippen LogP contribution in [0.3, 0.4) is 0 Å². The highest BCUT2D eigenvalue weighted by Gasteiger charge is 2.48. The number of rotatable bonds is 4. The fourth-order valence-electron chi connectivity index (χ4n) is 3.64. The first-order chi connectivity index (χ1) is 10.7. The van der Waals surface area contributed by atoms with Gasteiger partial charge in [0.05, 0.1) is 23.9 Å². The molecule has 0 saturated carbocycles. The van der Waals surface area contributed by atoms with Gasteiger partial charge in [-0.05, 0) is 18.9 Å². The summed E-state index contributed by atoms with van der Waals surface area (Å²) in [6.45, 7) is 6.31. The summed E-state index contributed by atoms with van der Waals surface area (Å²) in [5.41, 5.74) is 4.66. The zero-order valence-electron chi connectivity index (χ0n) is 12.7. The Morgan fingerprint density at radius 2 is 2.18 bits per heavy atom. The van der Waals surface area contributed by atoms with Crippen molar-refractivity contribution in [2.45, 2.75) is 32.4 Å². The van der Waals surface area contributed by atoms with E-state index in [1.165, 1.54) is 16.1 Å². The van der Waals surface area contributed by atoms with Gasteiger partial charge in [0.2, 0.25) is 0 Å². The average Bonchev–Trinajstić information content (AvgIpc) is 3.07. The van der Waals surface area contributed by atoms with E-state index in [2.05, 4.69) is 26.8 Å². The summed E-state index contributed by atoms with van der Waals surface area (Å²) in [6.07, 6.45) is 7.75. The quantitative estimate of drug-likeness (QED) is 0.864. The van der Waals surface area contributed by atoms with Crippen molar-refractivity contribution in [1.29, 1.82) is 0 Å². The Kier molecular flexibility index (Phi) is 3.68. The minimum atomic E-state index is 0.318. The van der Waals surface area contributed by atoms with Crippen molar-refractivity contribution in [3.8, 4) is 0 Å².